The Bertz CT molecular complexity index is 2220. The van der Waals surface area contributed by atoms with Gasteiger partial charge in [0.15, 0.2) is 0 Å². The van der Waals surface area contributed by atoms with Crippen molar-refractivity contribution >= 4 is 67.0 Å². The highest BCUT2D eigenvalue weighted by atomic mass is 32.1. The largest absolute Gasteiger partial charge is 0.172 e. The first kappa shape index (κ1) is 30.2. The van der Waals surface area contributed by atoms with Gasteiger partial charge in [0.05, 0.1) is 11.7 Å². The summed E-state index contributed by atoms with van der Waals surface area (Å²) in [6.45, 7) is 9.16. The minimum atomic E-state index is 0.622. The van der Waals surface area contributed by atoms with Crippen molar-refractivity contribution in [2.45, 2.75) is 40.5 Å². The molecule has 5 aromatic carbocycles. The molecule has 0 N–H and O–H groups in total. The van der Waals surface area contributed by atoms with Crippen molar-refractivity contribution in [3.63, 3.8) is 0 Å². The summed E-state index contributed by atoms with van der Waals surface area (Å²) in [5, 5.41) is 5.37. The SMILES string of the molecule is CC(C)Cc1ccc(-c2ccc(-c3ccc(-c4ccc(-c5ccc(CC(C)C)c6ccccc56)s4)c4nsnc34)s2)c2ccccc12. The van der Waals surface area contributed by atoms with E-state index in [1.807, 2.05) is 22.7 Å². The minimum Gasteiger partial charge on any atom is -0.172 e. The summed E-state index contributed by atoms with van der Waals surface area (Å²) in [6.07, 6.45) is 2.18. The van der Waals surface area contributed by atoms with Crippen LogP contribution in [0.4, 0.5) is 0 Å². The van der Waals surface area contributed by atoms with Gasteiger partial charge in [0, 0.05) is 30.6 Å². The Morgan fingerprint density at radius 1 is 0.426 bits per heavy atom. The van der Waals surface area contributed by atoms with Crippen LogP contribution in [0.15, 0.2) is 109 Å². The lowest BCUT2D eigenvalue weighted by molar-refractivity contribution is 0.650. The monoisotopic (exact) mass is 664 g/mol. The number of fused-ring (bicyclic) bond motifs is 3. The number of aromatic nitrogens is 2. The van der Waals surface area contributed by atoms with E-state index in [0.717, 1.165) is 35.0 Å². The van der Waals surface area contributed by atoms with Crippen molar-refractivity contribution in [1.29, 1.82) is 0 Å². The minimum absolute atomic E-state index is 0.622. The van der Waals surface area contributed by atoms with Gasteiger partial charge in [-0.25, -0.2) is 0 Å². The van der Waals surface area contributed by atoms with Crippen molar-refractivity contribution in [2.75, 3.05) is 0 Å². The zero-order valence-electron chi connectivity index (χ0n) is 27.1. The van der Waals surface area contributed by atoms with Crippen LogP contribution in [-0.2, 0) is 12.8 Å². The lowest BCUT2D eigenvalue weighted by atomic mass is 9.94. The molecule has 0 saturated heterocycles. The smallest absolute Gasteiger partial charge is 0.114 e. The van der Waals surface area contributed by atoms with Crippen molar-refractivity contribution in [3.05, 3.63) is 120 Å². The van der Waals surface area contributed by atoms with Gasteiger partial charge in [-0.1, -0.05) is 113 Å². The second-order valence-corrected chi connectivity index (χ2v) is 16.0. The fraction of sp³-hybridized carbons (Fsp3) is 0.190. The molecule has 0 spiro atoms. The molecule has 0 aliphatic heterocycles. The van der Waals surface area contributed by atoms with Crippen LogP contribution in [0.5, 0.6) is 0 Å². The Balaban J connectivity index is 1.15. The second kappa shape index (κ2) is 12.5. The van der Waals surface area contributed by atoms with E-state index in [4.69, 9.17) is 8.75 Å². The average molecular weight is 665 g/mol. The number of thiophene rings is 2. The van der Waals surface area contributed by atoms with E-state index < -0.39 is 0 Å². The molecule has 0 aliphatic carbocycles. The van der Waals surface area contributed by atoms with Gasteiger partial charge in [-0.05, 0) is 92.7 Å². The maximum atomic E-state index is 4.83. The van der Waals surface area contributed by atoms with Gasteiger partial charge < -0.3 is 0 Å². The van der Waals surface area contributed by atoms with Gasteiger partial charge >= 0.3 is 0 Å². The second-order valence-electron chi connectivity index (χ2n) is 13.3. The molecule has 0 saturated carbocycles. The molecule has 47 heavy (non-hydrogen) atoms. The molecule has 0 unspecified atom stereocenters. The Labute approximate surface area is 288 Å². The molecule has 0 aliphatic rings. The Kier molecular flexibility index (Phi) is 8.00. The van der Waals surface area contributed by atoms with Crippen LogP contribution in [0.25, 0.3) is 74.3 Å². The summed E-state index contributed by atoms with van der Waals surface area (Å²) in [5.74, 6) is 1.24. The predicted molar refractivity (Wildman–Crippen MR) is 207 cm³/mol. The quantitative estimate of drug-likeness (QED) is 0.162. The van der Waals surface area contributed by atoms with Crippen molar-refractivity contribution in [3.8, 4) is 41.8 Å². The number of benzene rings is 5. The Morgan fingerprint density at radius 3 is 1.19 bits per heavy atom. The zero-order chi connectivity index (χ0) is 32.1. The summed E-state index contributed by atoms with van der Waals surface area (Å²) in [5.41, 5.74) is 9.71. The number of hydrogen-bond acceptors (Lipinski definition) is 5. The molecule has 3 aromatic heterocycles. The molecule has 0 radical (unpaired) electrons. The Morgan fingerprint density at radius 2 is 0.787 bits per heavy atom. The summed E-state index contributed by atoms with van der Waals surface area (Å²) >= 11 is 4.98. The fourth-order valence-corrected chi connectivity index (χ4v) is 9.62. The highest BCUT2D eigenvalue weighted by Crippen LogP contribution is 2.44. The lowest BCUT2D eigenvalue weighted by Gasteiger charge is -2.12. The number of hydrogen-bond donors (Lipinski definition) is 0. The first-order valence-corrected chi connectivity index (χ1v) is 18.8. The summed E-state index contributed by atoms with van der Waals surface area (Å²) in [7, 11) is 0. The van der Waals surface area contributed by atoms with E-state index in [0.29, 0.717) is 11.8 Å². The third-order valence-corrected chi connectivity index (χ3v) is 11.8. The zero-order valence-corrected chi connectivity index (χ0v) is 29.5. The van der Waals surface area contributed by atoms with Gasteiger partial charge in [0.2, 0.25) is 0 Å². The third-order valence-electron chi connectivity index (χ3n) is 8.97. The average Bonchev–Trinajstić information content (AvgIpc) is 3.86. The van der Waals surface area contributed by atoms with Gasteiger partial charge in [0.1, 0.15) is 11.0 Å². The maximum Gasteiger partial charge on any atom is 0.114 e. The van der Waals surface area contributed by atoms with E-state index in [-0.39, 0.29) is 0 Å². The molecular weight excluding hydrogens is 629 g/mol. The topological polar surface area (TPSA) is 25.8 Å². The molecule has 3 heterocycles. The van der Waals surface area contributed by atoms with Gasteiger partial charge in [-0.2, -0.15) is 8.75 Å². The van der Waals surface area contributed by atoms with Crippen LogP contribution in [-0.4, -0.2) is 8.75 Å². The fourth-order valence-electron chi connectivity index (χ4n) is 6.91. The van der Waals surface area contributed by atoms with Crippen molar-refractivity contribution in [1.82, 2.24) is 8.75 Å². The number of rotatable bonds is 8. The first-order chi connectivity index (χ1) is 22.9. The van der Waals surface area contributed by atoms with Crippen LogP contribution in [0, 0.1) is 11.8 Å². The van der Waals surface area contributed by atoms with Gasteiger partial charge in [-0.15, -0.1) is 22.7 Å². The van der Waals surface area contributed by atoms with Gasteiger partial charge in [0.25, 0.3) is 0 Å². The Hall–Kier alpha value is -4.16. The van der Waals surface area contributed by atoms with E-state index in [2.05, 4.69) is 137 Å². The van der Waals surface area contributed by atoms with E-state index >= 15 is 0 Å². The molecule has 0 amide bonds. The van der Waals surface area contributed by atoms with E-state index in [1.54, 1.807) is 0 Å². The lowest BCUT2D eigenvalue weighted by Crippen LogP contribution is -1.95. The standard InChI is InChI=1S/C42H36N2S3/c1-25(2)23-27-13-15-33(31-11-7-5-9-29(27)31)37-19-21-39(45-37)35-17-18-36(42-41(35)43-47-44-42)40-22-20-38(46-40)34-16-14-28(24-26(3)4)30-10-6-8-12-32(30)34/h5-22,25-26H,23-24H2,1-4H3. The molecule has 8 rings (SSSR count). The molecular formula is C42H36N2S3. The molecule has 0 bridgehead atoms. The normalized spacial score (nSPS) is 12.0. The van der Waals surface area contributed by atoms with E-state index in [1.165, 1.54) is 75.0 Å². The molecule has 8 aromatic rings. The van der Waals surface area contributed by atoms with Gasteiger partial charge in [-0.3, -0.25) is 0 Å². The predicted octanol–water partition coefficient (Wildman–Crippen LogP) is 13.2. The molecule has 5 heteroatoms. The van der Waals surface area contributed by atoms with E-state index in [9.17, 15) is 0 Å². The highest BCUT2D eigenvalue weighted by Gasteiger charge is 2.18. The van der Waals surface area contributed by atoms with Crippen LogP contribution in [0.3, 0.4) is 0 Å². The first-order valence-electron chi connectivity index (χ1n) is 16.4. The van der Waals surface area contributed by atoms with Crippen molar-refractivity contribution < 1.29 is 0 Å². The number of nitrogens with zero attached hydrogens (tertiary/aromatic N) is 2. The maximum absolute atomic E-state index is 4.83. The van der Waals surface area contributed by atoms with Crippen LogP contribution in [0.2, 0.25) is 0 Å². The summed E-state index contributed by atoms with van der Waals surface area (Å²) < 4.78 is 9.67. The van der Waals surface area contributed by atoms with Crippen LogP contribution in [0.1, 0.15) is 38.8 Å². The van der Waals surface area contributed by atoms with Crippen LogP contribution >= 0.6 is 34.4 Å². The summed E-state index contributed by atoms with van der Waals surface area (Å²) in [6, 6.07) is 40.5. The van der Waals surface area contributed by atoms with Crippen molar-refractivity contribution in [2.24, 2.45) is 11.8 Å². The summed E-state index contributed by atoms with van der Waals surface area (Å²) in [4.78, 5) is 5.00. The molecule has 0 atom stereocenters. The molecule has 0 fully saturated rings. The van der Waals surface area contributed by atoms with Crippen LogP contribution < -0.4 is 0 Å². The molecule has 2 nitrogen and oxygen atoms in total. The molecule has 232 valence electrons. The third kappa shape index (κ3) is 5.61. The highest BCUT2D eigenvalue weighted by molar-refractivity contribution is 7.19.